The van der Waals surface area contributed by atoms with E-state index >= 15 is 0 Å². The molecular weight excluding hydrogens is 358 g/mol. The molecule has 0 radical (unpaired) electrons. The van der Waals surface area contributed by atoms with Crippen molar-refractivity contribution in [2.75, 3.05) is 19.6 Å². The van der Waals surface area contributed by atoms with Crippen molar-refractivity contribution < 1.29 is 23.1 Å². The molecule has 0 unspecified atom stereocenters. The normalized spacial score (nSPS) is 26.7. The Kier molecular flexibility index (Phi) is 4.80. The number of hydrogen-bond donors (Lipinski definition) is 3. The largest absolute Gasteiger partial charge is 0.392 e. The van der Waals surface area contributed by atoms with Crippen LogP contribution in [0, 0.1) is 12.3 Å². The third kappa shape index (κ3) is 3.22. The number of nitrogens with one attached hydrogen (secondary N) is 1. The number of primary sulfonamides is 1. The zero-order valence-electron chi connectivity index (χ0n) is 14.6. The third-order valence-electron chi connectivity index (χ3n) is 5.38. The van der Waals surface area contributed by atoms with Crippen LogP contribution in [0.25, 0.3) is 0 Å². The minimum absolute atomic E-state index is 0.109. The van der Waals surface area contributed by atoms with Crippen molar-refractivity contribution in [3.05, 3.63) is 29.3 Å². The van der Waals surface area contributed by atoms with Gasteiger partial charge in [0.05, 0.1) is 16.4 Å². The van der Waals surface area contributed by atoms with Crippen molar-refractivity contribution in [2.45, 2.75) is 37.2 Å². The zero-order chi connectivity index (χ0) is 19.1. The molecular formula is C17H23N3O5S. The van der Waals surface area contributed by atoms with Gasteiger partial charge in [0.2, 0.25) is 15.9 Å². The lowest BCUT2D eigenvalue weighted by molar-refractivity contribution is -0.147. The molecule has 2 aliphatic heterocycles. The Morgan fingerprint density at radius 2 is 2.15 bits per heavy atom. The van der Waals surface area contributed by atoms with E-state index in [4.69, 9.17) is 5.14 Å². The lowest BCUT2D eigenvalue weighted by Gasteiger charge is -2.46. The lowest BCUT2D eigenvalue weighted by atomic mass is 9.71. The Bertz CT molecular complexity index is 854. The molecule has 9 heteroatoms. The number of carbonyl (C=O) groups excluding carboxylic acids is 2. The van der Waals surface area contributed by atoms with E-state index in [1.54, 1.807) is 6.92 Å². The number of aliphatic hydroxyl groups excluding tert-OH is 1. The lowest BCUT2D eigenvalue weighted by Crippen LogP contribution is -2.62. The Labute approximate surface area is 152 Å². The van der Waals surface area contributed by atoms with Crippen molar-refractivity contribution in [1.82, 2.24) is 10.2 Å². The Hall–Kier alpha value is -1.97. The van der Waals surface area contributed by atoms with Crippen molar-refractivity contribution in [2.24, 2.45) is 10.6 Å². The summed E-state index contributed by atoms with van der Waals surface area (Å²) in [7, 11) is -3.93. The van der Waals surface area contributed by atoms with Gasteiger partial charge in [-0.15, -0.1) is 0 Å². The summed E-state index contributed by atoms with van der Waals surface area (Å²) in [5.41, 5.74) is -0.146. The van der Waals surface area contributed by atoms with Crippen molar-refractivity contribution >= 4 is 21.8 Å². The molecule has 8 nitrogen and oxygen atoms in total. The number of benzene rings is 1. The van der Waals surface area contributed by atoms with Crippen molar-refractivity contribution in [3.63, 3.8) is 0 Å². The van der Waals surface area contributed by atoms with E-state index in [0.29, 0.717) is 31.5 Å². The van der Waals surface area contributed by atoms with Gasteiger partial charge in [0.25, 0.3) is 5.91 Å². The number of piperidine rings is 2. The summed E-state index contributed by atoms with van der Waals surface area (Å²) >= 11 is 0. The van der Waals surface area contributed by atoms with E-state index < -0.39 is 21.5 Å². The Morgan fingerprint density at radius 3 is 2.81 bits per heavy atom. The van der Waals surface area contributed by atoms with Gasteiger partial charge in [0.15, 0.2) is 0 Å². The Balaban J connectivity index is 1.92. The van der Waals surface area contributed by atoms with Crippen LogP contribution < -0.4 is 10.5 Å². The summed E-state index contributed by atoms with van der Waals surface area (Å²) in [6, 6.07) is 4.16. The molecule has 2 amide bonds. The summed E-state index contributed by atoms with van der Waals surface area (Å²) in [6.07, 6.45) is 0.751. The monoisotopic (exact) mass is 381 g/mol. The van der Waals surface area contributed by atoms with Gasteiger partial charge in [-0.1, -0.05) is 6.07 Å². The number of aliphatic hydroxyl groups is 1. The molecule has 3 rings (SSSR count). The second-order valence-corrected chi connectivity index (χ2v) is 8.63. The maximum atomic E-state index is 13.0. The number of nitrogens with two attached hydrogens (primary N) is 1. The number of sulfonamides is 1. The number of amides is 2. The first-order chi connectivity index (χ1) is 12.1. The predicted molar refractivity (Wildman–Crippen MR) is 93.8 cm³/mol. The average Bonchev–Trinajstić information content (AvgIpc) is 2.58. The molecule has 0 saturated carbocycles. The minimum atomic E-state index is -3.93. The van der Waals surface area contributed by atoms with Crippen LogP contribution in [0.4, 0.5) is 0 Å². The third-order valence-corrected chi connectivity index (χ3v) is 6.29. The van der Waals surface area contributed by atoms with Gasteiger partial charge in [-0.25, -0.2) is 13.6 Å². The van der Waals surface area contributed by atoms with Crippen molar-refractivity contribution in [1.29, 1.82) is 0 Å². The molecule has 0 bridgehead atoms. The average molecular weight is 381 g/mol. The molecule has 0 aromatic heterocycles. The van der Waals surface area contributed by atoms with E-state index in [1.807, 2.05) is 0 Å². The molecule has 0 aliphatic carbocycles. The van der Waals surface area contributed by atoms with Gasteiger partial charge in [0, 0.05) is 25.2 Å². The van der Waals surface area contributed by atoms with E-state index in [1.165, 1.54) is 23.1 Å². The first-order valence-corrected chi connectivity index (χ1v) is 10.1. The maximum absolute atomic E-state index is 13.0. The van der Waals surface area contributed by atoms with Gasteiger partial charge < -0.3 is 15.3 Å². The van der Waals surface area contributed by atoms with Crippen LogP contribution in [0.3, 0.4) is 0 Å². The van der Waals surface area contributed by atoms with Crippen molar-refractivity contribution in [3.8, 4) is 0 Å². The molecule has 1 spiro atoms. The van der Waals surface area contributed by atoms with Gasteiger partial charge in [0.1, 0.15) is 0 Å². The van der Waals surface area contributed by atoms with Gasteiger partial charge in [-0.2, -0.15) is 0 Å². The smallest absolute Gasteiger partial charge is 0.254 e. The van der Waals surface area contributed by atoms with Crippen LogP contribution >= 0.6 is 0 Å². The van der Waals surface area contributed by atoms with E-state index in [9.17, 15) is 23.1 Å². The molecule has 2 saturated heterocycles. The van der Waals surface area contributed by atoms with E-state index in [0.717, 1.165) is 6.42 Å². The van der Waals surface area contributed by atoms with Crippen LogP contribution in [-0.4, -0.2) is 56.0 Å². The van der Waals surface area contributed by atoms with Crippen LogP contribution in [0.2, 0.25) is 0 Å². The van der Waals surface area contributed by atoms with Crippen LogP contribution in [-0.2, 0) is 14.8 Å². The number of nitrogens with zero attached hydrogens (tertiary/aromatic N) is 1. The highest BCUT2D eigenvalue weighted by atomic mass is 32.2. The molecule has 2 heterocycles. The van der Waals surface area contributed by atoms with Crippen LogP contribution in [0.1, 0.15) is 35.2 Å². The zero-order valence-corrected chi connectivity index (χ0v) is 15.4. The number of likely N-dealkylation sites (tertiary alicyclic amines) is 1. The molecule has 2 atom stereocenters. The highest BCUT2D eigenvalue weighted by Gasteiger charge is 2.50. The SMILES string of the molecule is Cc1ccc(S(N)(=O)=O)cc1C(=O)N1CC[C@@H](O)[C@@]2(CCCNC2=O)C1. The topological polar surface area (TPSA) is 130 Å². The molecule has 2 aliphatic rings. The molecule has 26 heavy (non-hydrogen) atoms. The summed E-state index contributed by atoms with van der Waals surface area (Å²) in [4.78, 5) is 26.8. The maximum Gasteiger partial charge on any atom is 0.254 e. The summed E-state index contributed by atoms with van der Waals surface area (Å²) in [6.45, 7) is 2.69. The van der Waals surface area contributed by atoms with Crippen LogP contribution in [0.5, 0.6) is 0 Å². The number of hydrogen-bond acceptors (Lipinski definition) is 5. The second kappa shape index (κ2) is 6.64. The standard InChI is InChI=1S/C17H23N3O5S/c1-11-3-4-12(26(18,24)25)9-13(11)15(22)20-8-5-14(21)17(10-20)6-2-7-19-16(17)23/h3-4,9,14,21H,2,5-8,10H2,1H3,(H,19,23)(H2,18,24,25)/t14-,17-/m1/s1. The van der Waals surface area contributed by atoms with Crippen LogP contribution in [0.15, 0.2) is 23.1 Å². The molecule has 1 aromatic carbocycles. The quantitative estimate of drug-likeness (QED) is 0.650. The molecule has 2 fully saturated rings. The van der Waals surface area contributed by atoms with Gasteiger partial charge >= 0.3 is 0 Å². The molecule has 142 valence electrons. The first kappa shape index (κ1) is 18.8. The number of aryl methyl sites for hydroxylation is 1. The fourth-order valence-corrected chi connectivity index (χ4v) is 4.34. The molecule has 4 N–H and O–H groups in total. The predicted octanol–water partition coefficient (Wildman–Crippen LogP) is -0.254. The number of carbonyl (C=O) groups is 2. The minimum Gasteiger partial charge on any atom is -0.392 e. The highest BCUT2D eigenvalue weighted by molar-refractivity contribution is 7.89. The number of rotatable bonds is 2. The highest BCUT2D eigenvalue weighted by Crippen LogP contribution is 2.37. The molecule has 1 aromatic rings. The second-order valence-electron chi connectivity index (χ2n) is 7.07. The van der Waals surface area contributed by atoms with E-state index in [2.05, 4.69) is 5.32 Å². The Morgan fingerprint density at radius 1 is 1.42 bits per heavy atom. The fourth-order valence-electron chi connectivity index (χ4n) is 3.80. The van der Waals surface area contributed by atoms with Gasteiger partial charge in [-0.05, 0) is 43.9 Å². The summed E-state index contributed by atoms with van der Waals surface area (Å²) in [5.74, 6) is -0.596. The first-order valence-electron chi connectivity index (χ1n) is 8.54. The van der Waals surface area contributed by atoms with Gasteiger partial charge in [-0.3, -0.25) is 9.59 Å². The fraction of sp³-hybridized carbons (Fsp3) is 0.529. The summed E-state index contributed by atoms with van der Waals surface area (Å²) < 4.78 is 23.2. The summed E-state index contributed by atoms with van der Waals surface area (Å²) in [5, 5.41) is 18.4. The van der Waals surface area contributed by atoms with E-state index in [-0.39, 0.29) is 28.8 Å².